The number of carbonyl (C=O) groups excluding carboxylic acids is 1. The van der Waals surface area contributed by atoms with Gasteiger partial charge in [0.15, 0.2) is 0 Å². The number of amides is 1. The molecule has 0 heterocycles. The zero-order chi connectivity index (χ0) is 8.81. The second-order valence-electron chi connectivity index (χ2n) is 3.21. The molecule has 0 unspecified atom stereocenters. The van der Waals surface area contributed by atoms with Crippen LogP contribution in [0.2, 0.25) is 0 Å². The SMILES string of the molecule is N#CCNC(=O)C1CCCCC1. The predicted molar refractivity (Wildman–Crippen MR) is 45.2 cm³/mol. The Balaban J connectivity index is 2.26. The van der Waals surface area contributed by atoms with E-state index in [0.717, 1.165) is 25.7 Å². The Hall–Kier alpha value is -1.04. The van der Waals surface area contributed by atoms with Crippen molar-refractivity contribution in [3.05, 3.63) is 0 Å². The van der Waals surface area contributed by atoms with Crippen LogP contribution in [0.4, 0.5) is 0 Å². The van der Waals surface area contributed by atoms with Crippen LogP contribution in [-0.4, -0.2) is 12.5 Å². The van der Waals surface area contributed by atoms with Crippen LogP contribution in [0.25, 0.3) is 0 Å². The number of nitrogens with zero attached hydrogens (tertiary/aromatic N) is 1. The van der Waals surface area contributed by atoms with E-state index >= 15 is 0 Å². The van der Waals surface area contributed by atoms with E-state index in [1.54, 1.807) is 0 Å². The topological polar surface area (TPSA) is 52.9 Å². The molecule has 0 aliphatic heterocycles. The van der Waals surface area contributed by atoms with Crippen LogP contribution < -0.4 is 5.32 Å². The second-order valence-corrected chi connectivity index (χ2v) is 3.21. The molecule has 0 atom stereocenters. The van der Waals surface area contributed by atoms with Gasteiger partial charge in [0.05, 0.1) is 6.07 Å². The second kappa shape index (κ2) is 4.76. The fourth-order valence-electron chi connectivity index (χ4n) is 1.64. The van der Waals surface area contributed by atoms with Gasteiger partial charge in [-0.3, -0.25) is 4.79 Å². The third kappa shape index (κ3) is 2.54. The fourth-order valence-corrected chi connectivity index (χ4v) is 1.64. The molecule has 0 aromatic rings. The summed E-state index contributed by atoms with van der Waals surface area (Å²) in [5.41, 5.74) is 0. The summed E-state index contributed by atoms with van der Waals surface area (Å²) < 4.78 is 0. The minimum atomic E-state index is 0.0660. The van der Waals surface area contributed by atoms with Crippen LogP contribution in [0.15, 0.2) is 0 Å². The standard InChI is InChI=1S/C9H14N2O/c10-6-7-11-9(12)8-4-2-1-3-5-8/h8H,1-5,7H2,(H,11,12). The lowest BCUT2D eigenvalue weighted by molar-refractivity contribution is -0.125. The number of carbonyl (C=O) groups is 1. The molecule has 1 N–H and O–H groups in total. The zero-order valence-electron chi connectivity index (χ0n) is 7.18. The Morgan fingerprint density at radius 2 is 2.08 bits per heavy atom. The van der Waals surface area contributed by atoms with Gasteiger partial charge in [-0.1, -0.05) is 19.3 Å². The summed E-state index contributed by atoms with van der Waals surface area (Å²) >= 11 is 0. The molecule has 0 saturated heterocycles. The van der Waals surface area contributed by atoms with Crippen molar-refractivity contribution in [1.29, 1.82) is 5.26 Å². The highest BCUT2D eigenvalue weighted by atomic mass is 16.1. The van der Waals surface area contributed by atoms with Gasteiger partial charge in [0.1, 0.15) is 6.54 Å². The minimum absolute atomic E-state index is 0.0660. The highest BCUT2D eigenvalue weighted by Crippen LogP contribution is 2.23. The number of hydrogen-bond acceptors (Lipinski definition) is 2. The molecule has 3 heteroatoms. The summed E-state index contributed by atoms with van der Waals surface area (Å²) in [5, 5.41) is 10.9. The van der Waals surface area contributed by atoms with Crippen LogP contribution in [0.5, 0.6) is 0 Å². The van der Waals surface area contributed by atoms with Crippen molar-refractivity contribution in [1.82, 2.24) is 5.32 Å². The predicted octanol–water partition coefficient (Wildman–Crippen LogP) is 1.21. The summed E-state index contributed by atoms with van der Waals surface area (Å²) in [6.45, 7) is 0.148. The zero-order valence-corrected chi connectivity index (χ0v) is 7.18. The molecule has 1 aliphatic rings. The first-order chi connectivity index (χ1) is 5.84. The van der Waals surface area contributed by atoms with Gasteiger partial charge in [-0.25, -0.2) is 0 Å². The lowest BCUT2D eigenvalue weighted by Gasteiger charge is -2.19. The lowest BCUT2D eigenvalue weighted by Crippen LogP contribution is -2.32. The first-order valence-corrected chi connectivity index (χ1v) is 4.49. The lowest BCUT2D eigenvalue weighted by atomic mass is 9.89. The van der Waals surface area contributed by atoms with E-state index in [9.17, 15) is 4.79 Å². The Morgan fingerprint density at radius 3 is 2.67 bits per heavy atom. The third-order valence-corrected chi connectivity index (χ3v) is 2.32. The maximum absolute atomic E-state index is 11.3. The van der Waals surface area contributed by atoms with E-state index in [1.807, 2.05) is 6.07 Å². The number of nitrogens with one attached hydrogen (secondary N) is 1. The Bertz CT molecular complexity index is 189. The molecule has 1 saturated carbocycles. The molecule has 1 rings (SSSR count). The first-order valence-electron chi connectivity index (χ1n) is 4.49. The van der Waals surface area contributed by atoms with Crippen LogP contribution in [-0.2, 0) is 4.79 Å². The molecule has 12 heavy (non-hydrogen) atoms. The van der Waals surface area contributed by atoms with Crippen molar-refractivity contribution >= 4 is 5.91 Å². The van der Waals surface area contributed by atoms with Crippen LogP contribution in [0.3, 0.4) is 0 Å². The monoisotopic (exact) mass is 166 g/mol. The third-order valence-electron chi connectivity index (χ3n) is 2.32. The van der Waals surface area contributed by atoms with E-state index in [-0.39, 0.29) is 18.4 Å². The molecular weight excluding hydrogens is 152 g/mol. The van der Waals surface area contributed by atoms with Crippen LogP contribution in [0.1, 0.15) is 32.1 Å². The number of rotatable bonds is 2. The normalized spacial score (nSPS) is 18.2. The first kappa shape index (κ1) is 9.05. The Labute approximate surface area is 72.8 Å². The molecule has 1 aliphatic carbocycles. The molecule has 0 spiro atoms. The van der Waals surface area contributed by atoms with Gasteiger partial charge in [0.25, 0.3) is 0 Å². The molecule has 0 bridgehead atoms. The van der Waals surface area contributed by atoms with Crippen molar-refractivity contribution in [3.63, 3.8) is 0 Å². The van der Waals surface area contributed by atoms with E-state index in [1.165, 1.54) is 6.42 Å². The van der Waals surface area contributed by atoms with Gasteiger partial charge in [-0.15, -0.1) is 0 Å². The highest BCUT2D eigenvalue weighted by Gasteiger charge is 2.20. The summed E-state index contributed by atoms with van der Waals surface area (Å²) in [4.78, 5) is 11.3. The Kier molecular flexibility index (Phi) is 3.59. The molecule has 1 fully saturated rings. The maximum Gasteiger partial charge on any atom is 0.223 e. The summed E-state index contributed by atoms with van der Waals surface area (Å²) in [6, 6.07) is 1.91. The van der Waals surface area contributed by atoms with Crippen molar-refractivity contribution in [2.24, 2.45) is 5.92 Å². The van der Waals surface area contributed by atoms with Crippen molar-refractivity contribution < 1.29 is 4.79 Å². The van der Waals surface area contributed by atoms with Gasteiger partial charge in [0.2, 0.25) is 5.91 Å². The summed E-state index contributed by atoms with van der Waals surface area (Å²) in [6.07, 6.45) is 5.56. The van der Waals surface area contributed by atoms with E-state index in [4.69, 9.17) is 5.26 Å². The summed E-state index contributed by atoms with van der Waals surface area (Å²) in [5.74, 6) is 0.239. The molecule has 0 aromatic carbocycles. The molecule has 0 radical (unpaired) electrons. The van der Waals surface area contributed by atoms with Gasteiger partial charge < -0.3 is 5.32 Å². The fraction of sp³-hybridized carbons (Fsp3) is 0.778. The Morgan fingerprint density at radius 1 is 1.42 bits per heavy atom. The minimum Gasteiger partial charge on any atom is -0.343 e. The molecular formula is C9H14N2O. The van der Waals surface area contributed by atoms with Crippen molar-refractivity contribution in [3.8, 4) is 6.07 Å². The van der Waals surface area contributed by atoms with Gasteiger partial charge in [-0.2, -0.15) is 5.26 Å². The molecule has 66 valence electrons. The largest absolute Gasteiger partial charge is 0.343 e. The van der Waals surface area contributed by atoms with Crippen LogP contribution in [0, 0.1) is 17.2 Å². The van der Waals surface area contributed by atoms with Gasteiger partial charge >= 0.3 is 0 Å². The van der Waals surface area contributed by atoms with Gasteiger partial charge in [-0.05, 0) is 12.8 Å². The van der Waals surface area contributed by atoms with Crippen LogP contribution >= 0.6 is 0 Å². The van der Waals surface area contributed by atoms with Crippen molar-refractivity contribution in [2.45, 2.75) is 32.1 Å². The van der Waals surface area contributed by atoms with E-state index in [0.29, 0.717) is 0 Å². The highest BCUT2D eigenvalue weighted by molar-refractivity contribution is 5.78. The van der Waals surface area contributed by atoms with E-state index < -0.39 is 0 Å². The smallest absolute Gasteiger partial charge is 0.223 e. The van der Waals surface area contributed by atoms with Crippen molar-refractivity contribution in [2.75, 3.05) is 6.54 Å². The molecule has 1 amide bonds. The molecule has 0 aromatic heterocycles. The quantitative estimate of drug-likeness (QED) is 0.627. The maximum atomic E-state index is 11.3. The number of hydrogen-bond donors (Lipinski definition) is 1. The average Bonchev–Trinajstić information content (AvgIpc) is 2.15. The molecule has 3 nitrogen and oxygen atoms in total. The number of nitriles is 1. The van der Waals surface area contributed by atoms with E-state index in [2.05, 4.69) is 5.32 Å². The van der Waals surface area contributed by atoms with Gasteiger partial charge in [0, 0.05) is 5.92 Å². The summed E-state index contributed by atoms with van der Waals surface area (Å²) in [7, 11) is 0. The average molecular weight is 166 g/mol.